The van der Waals surface area contributed by atoms with E-state index in [0.29, 0.717) is 4.47 Å². The van der Waals surface area contributed by atoms with E-state index in [1.165, 1.54) is 19.2 Å². The van der Waals surface area contributed by atoms with Gasteiger partial charge < -0.3 is 5.11 Å². The minimum absolute atomic E-state index is 0.0880. The van der Waals surface area contributed by atoms with Gasteiger partial charge in [-0.1, -0.05) is 0 Å². The molecule has 0 fully saturated rings. The Balaban J connectivity index is 2.99. The molecule has 0 amide bonds. The molecule has 2 N–H and O–H groups in total. The lowest BCUT2D eigenvalue weighted by atomic mass is 10.4. The molecule has 0 unspecified atom stereocenters. The van der Waals surface area contributed by atoms with E-state index in [1.807, 2.05) is 4.72 Å². The number of nitrogens with zero attached hydrogens (tertiary/aromatic N) is 1. The number of carbonyl (C=O) groups is 1. The first-order chi connectivity index (χ1) is 7.33. The minimum Gasteiger partial charge on any atom is -0.480 e. The molecular formula is C8H9BrN2O4S. The van der Waals surface area contributed by atoms with Gasteiger partial charge in [0.05, 0.1) is 0 Å². The molecule has 0 aliphatic carbocycles. The van der Waals surface area contributed by atoms with Gasteiger partial charge in [0.2, 0.25) is 10.0 Å². The third kappa shape index (κ3) is 3.26. The number of hydrogen-bond acceptors (Lipinski definition) is 4. The van der Waals surface area contributed by atoms with E-state index >= 15 is 0 Å². The van der Waals surface area contributed by atoms with Crippen LogP contribution in [0.5, 0.6) is 0 Å². The number of hydrogen-bond donors (Lipinski definition) is 2. The van der Waals surface area contributed by atoms with E-state index in [2.05, 4.69) is 20.9 Å². The molecule has 1 atom stereocenters. The van der Waals surface area contributed by atoms with Gasteiger partial charge in [-0.15, -0.1) is 0 Å². The van der Waals surface area contributed by atoms with Crippen LogP contribution >= 0.6 is 15.9 Å². The molecule has 1 aromatic rings. The molecule has 6 nitrogen and oxygen atoms in total. The molecule has 0 aliphatic heterocycles. The van der Waals surface area contributed by atoms with Gasteiger partial charge in [-0.2, -0.15) is 4.72 Å². The highest BCUT2D eigenvalue weighted by Gasteiger charge is 2.21. The standard InChI is InChI=1S/C8H9BrN2O4S/c1-5(8(12)13)11-16(14,15)7-2-6(9)3-10-4-7/h2-5,11H,1H3,(H,12,13)/t5-/m1/s1. The normalized spacial score (nSPS) is 13.4. The fraction of sp³-hybridized carbons (Fsp3) is 0.250. The van der Waals surface area contributed by atoms with Gasteiger partial charge >= 0.3 is 5.97 Å². The number of aromatic nitrogens is 1. The Labute approximate surface area is 101 Å². The Bertz CT molecular complexity index is 503. The monoisotopic (exact) mass is 308 g/mol. The summed E-state index contributed by atoms with van der Waals surface area (Å²) in [6.45, 7) is 1.24. The minimum atomic E-state index is -3.85. The van der Waals surface area contributed by atoms with Gasteiger partial charge in [0.25, 0.3) is 0 Å². The van der Waals surface area contributed by atoms with Crippen LogP contribution in [0.2, 0.25) is 0 Å². The van der Waals surface area contributed by atoms with Crippen molar-refractivity contribution in [2.45, 2.75) is 17.9 Å². The van der Waals surface area contributed by atoms with Gasteiger partial charge in [0.1, 0.15) is 10.9 Å². The SMILES string of the molecule is C[C@@H](NS(=O)(=O)c1cncc(Br)c1)C(=O)O. The Hall–Kier alpha value is -0.990. The lowest BCUT2D eigenvalue weighted by Crippen LogP contribution is -2.38. The van der Waals surface area contributed by atoms with E-state index in [9.17, 15) is 13.2 Å². The largest absolute Gasteiger partial charge is 0.480 e. The summed E-state index contributed by atoms with van der Waals surface area (Å²) in [5.74, 6) is -1.24. The van der Waals surface area contributed by atoms with Crippen LogP contribution in [0, 0.1) is 0 Å². The summed E-state index contributed by atoms with van der Waals surface area (Å²) in [7, 11) is -3.85. The number of pyridine rings is 1. The molecule has 88 valence electrons. The number of sulfonamides is 1. The zero-order valence-corrected chi connectivity index (χ0v) is 10.6. The summed E-state index contributed by atoms with van der Waals surface area (Å²) >= 11 is 3.08. The van der Waals surface area contributed by atoms with E-state index in [1.54, 1.807) is 0 Å². The molecule has 16 heavy (non-hydrogen) atoms. The Morgan fingerprint density at radius 2 is 2.19 bits per heavy atom. The average Bonchev–Trinajstić information content (AvgIpc) is 2.17. The van der Waals surface area contributed by atoms with Crippen LogP contribution in [0.3, 0.4) is 0 Å². The van der Waals surface area contributed by atoms with Gasteiger partial charge in [0.15, 0.2) is 0 Å². The van der Waals surface area contributed by atoms with Crippen LogP contribution in [0.1, 0.15) is 6.92 Å². The van der Waals surface area contributed by atoms with Crippen molar-refractivity contribution >= 4 is 31.9 Å². The second-order valence-electron chi connectivity index (χ2n) is 3.02. The molecule has 8 heteroatoms. The predicted molar refractivity (Wildman–Crippen MR) is 59.4 cm³/mol. The Morgan fingerprint density at radius 3 is 2.69 bits per heavy atom. The predicted octanol–water partition coefficient (Wildman–Crippen LogP) is 0.595. The smallest absolute Gasteiger partial charge is 0.321 e. The highest BCUT2D eigenvalue weighted by atomic mass is 79.9. The highest BCUT2D eigenvalue weighted by Crippen LogP contribution is 2.14. The van der Waals surface area contributed by atoms with Crippen molar-refractivity contribution < 1.29 is 18.3 Å². The van der Waals surface area contributed by atoms with E-state index in [-0.39, 0.29) is 4.90 Å². The first-order valence-electron chi connectivity index (χ1n) is 4.18. The van der Waals surface area contributed by atoms with E-state index in [4.69, 9.17) is 5.11 Å². The van der Waals surface area contributed by atoms with Crippen molar-refractivity contribution in [2.75, 3.05) is 0 Å². The highest BCUT2D eigenvalue weighted by molar-refractivity contribution is 9.10. The summed E-state index contributed by atoms with van der Waals surface area (Å²) in [6, 6.07) is 0.146. The summed E-state index contributed by atoms with van der Waals surface area (Å²) < 4.78 is 25.8. The zero-order valence-electron chi connectivity index (χ0n) is 8.21. The van der Waals surface area contributed by atoms with Crippen LogP contribution in [0.25, 0.3) is 0 Å². The summed E-state index contributed by atoms with van der Waals surface area (Å²) in [6.07, 6.45) is 2.57. The van der Waals surface area contributed by atoms with Crippen molar-refractivity contribution in [2.24, 2.45) is 0 Å². The van der Waals surface area contributed by atoms with Crippen LogP contribution in [0.4, 0.5) is 0 Å². The lowest BCUT2D eigenvalue weighted by molar-refractivity contribution is -0.138. The van der Waals surface area contributed by atoms with Crippen molar-refractivity contribution in [1.29, 1.82) is 0 Å². The second-order valence-corrected chi connectivity index (χ2v) is 5.65. The van der Waals surface area contributed by atoms with Crippen LogP contribution in [0.15, 0.2) is 27.8 Å². The maximum Gasteiger partial charge on any atom is 0.321 e. The number of rotatable bonds is 4. The molecule has 0 saturated carbocycles. The average molecular weight is 309 g/mol. The first-order valence-corrected chi connectivity index (χ1v) is 6.46. The molecular weight excluding hydrogens is 300 g/mol. The third-order valence-corrected chi connectivity index (χ3v) is 3.63. The van der Waals surface area contributed by atoms with Crippen LogP contribution in [-0.4, -0.2) is 30.5 Å². The molecule has 0 aromatic carbocycles. The van der Waals surface area contributed by atoms with E-state index in [0.717, 1.165) is 6.20 Å². The van der Waals surface area contributed by atoms with E-state index < -0.39 is 22.0 Å². The second kappa shape index (κ2) is 4.89. The Morgan fingerprint density at radius 1 is 1.56 bits per heavy atom. The topological polar surface area (TPSA) is 96.4 Å². The van der Waals surface area contributed by atoms with Crippen LogP contribution in [-0.2, 0) is 14.8 Å². The van der Waals surface area contributed by atoms with Crippen LogP contribution < -0.4 is 4.72 Å². The summed E-state index contributed by atoms with van der Waals surface area (Å²) in [4.78, 5) is 14.1. The van der Waals surface area contributed by atoms with Crippen molar-refractivity contribution in [3.63, 3.8) is 0 Å². The number of carboxylic acid groups (broad SMARTS) is 1. The first kappa shape index (κ1) is 13.1. The fourth-order valence-corrected chi connectivity index (χ4v) is 2.59. The van der Waals surface area contributed by atoms with Gasteiger partial charge in [-0.25, -0.2) is 8.42 Å². The molecule has 0 saturated heterocycles. The lowest BCUT2D eigenvalue weighted by Gasteiger charge is -2.09. The Kier molecular flexibility index (Phi) is 4.00. The molecule has 0 aliphatic rings. The number of halogens is 1. The molecule has 0 spiro atoms. The van der Waals surface area contributed by atoms with Crippen molar-refractivity contribution in [3.8, 4) is 0 Å². The molecule has 0 bridgehead atoms. The zero-order chi connectivity index (χ0) is 12.3. The molecule has 1 rings (SSSR count). The number of nitrogens with one attached hydrogen (secondary N) is 1. The molecule has 1 heterocycles. The maximum atomic E-state index is 11.7. The third-order valence-electron chi connectivity index (χ3n) is 1.69. The molecule has 0 radical (unpaired) electrons. The van der Waals surface area contributed by atoms with Crippen molar-refractivity contribution in [3.05, 3.63) is 22.9 Å². The quantitative estimate of drug-likeness (QED) is 0.849. The fourth-order valence-electron chi connectivity index (χ4n) is 0.891. The summed E-state index contributed by atoms with van der Waals surface area (Å²) in [5.41, 5.74) is 0. The number of carboxylic acids is 1. The van der Waals surface area contributed by atoms with Crippen molar-refractivity contribution in [1.82, 2.24) is 9.71 Å². The number of aliphatic carboxylic acids is 1. The maximum absolute atomic E-state index is 11.7. The van der Waals surface area contributed by atoms with Gasteiger partial charge in [0, 0.05) is 16.9 Å². The molecule has 1 aromatic heterocycles. The summed E-state index contributed by atoms with van der Waals surface area (Å²) in [5, 5.41) is 8.59. The van der Waals surface area contributed by atoms with Gasteiger partial charge in [-0.3, -0.25) is 9.78 Å². The van der Waals surface area contributed by atoms with Gasteiger partial charge in [-0.05, 0) is 28.9 Å².